The first kappa shape index (κ1) is 18.4. The minimum Gasteiger partial charge on any atom is -0.466 e. The van der Waals surface area contributed by atoms with Gasteiger partial charge in [-0.1, -0.05) is 12.2 Å². The monoisotopic (exact) mass is 282 g/mol. The summed E-state index contributed by atoms with van der Waals surface area (Å²) in [6.07, 6.45) is 5.69. The van der Waals surface area contributed by atoms with E-state index in [9.17, 15) is 9.59 Å². The number of carbonyl (C=O) groups excluding carboxylic acids is 2. The lowest BCUT2D eigenvalue weighted by Crippen LogP contribution is -2.22. The average molecular weight is 282 g/mol. The van der Waals surface area contributed by atoms with Crippen molar-refractivity contribution in [2.75, 3.05) is 13.2 Å². The highest BCUT2D eigenvalue weighted by Crippen LogP contribution is 2.21. The van der Waals surface area contributed by atoms with Crippen molar-refractivity contribution < 1.29 is 19.1 Å². The summed E-state index contributed by atoms with van der Waals surface area (Å²) in [6.45, 7) is 11.6. The maximum Gasteiger partial charge on any atom is 0.309 e. The Bertz CT molecular complexity index is 290. The van der Waals surface area contributed by atoms with E-state index in [2.05, 4.69) is 13.2 Å². The Labute approximate surface area is 121 Å². The van der Waals surface area contributed by atoms with Crippen molar-refractivity contribution in [2.45, 2.75) is 39.5 Å². The van der Waals surface area contributed by atoms with E-state index < -0.39 is 0 Å². The van der Waals surface area contributed by atoms with Gasteiger partial charge in [-0.3, -0.25) is 9.59 Å². The van der Waals surface area contributed by atoms with Gasteiger partial charge in [0.05, 0.1) is 25.0 Å². The number of allylic oxidation sites excluding steroid dienone is 2. The second-order valence-corrected chi connectivity index (χ2v) is 4.52. The van der Waals surface area contributed by atoms with Crippen LogP contribution in [0.25, 0.3) is 0 Å². The lowest BCUT2D eigenvalue weighted by molar-refractivity contribution is -0.151. The Morgan fingerprint density at radius 3 is 1.50 bits per heavy atom. The van der Waals surface area contributed by atoms with Gasteiger partial charge in [0.1, 0.15) is 0 Å². The number of carbonyl (C=O) groups is 2. The third kappa shape index (κ3) is 7.12. The van der Waals surface area contributed by atoms with Crippen LogP contribution in [0.4, 0.5) is 0 Å². The molecular formula is C16H26O4. The molecule has 0 rings (SSSR count). The molecule has 0 fully saturated rings. The smallest absolute Gasteiger partial charge is 0.309 e. The van der Waals surface area contributed by atoms with Gasteiger partial charge in [0.25, 0.3) is 0 Å². The van der Waals surface area contributed by atoms with Gasteiger partial charge in [-0.05, 0) is 39.5 Å². The topological polar surface area (TPSA) is 52.6 Å². The molecule has 0 radical (unpaired) electrons. The normalized spacial score (nSPS) is 13.1. The molecule has 0 aromatic heterocycles. The standard InChI is InChI=1S/C16H26O4/c1-5-9-13(15(17)19-7-3)11-12-14(10-6-2)16(18)20-8-4/h5-6,13-14H,1-2,7-12H2,3-4H3/t13-,14-/m0/s1. The number of esters is 2. The SMILES string of the molecule is C=CC[C@@H](CC[C@H](CC=C)C(=O)OCC)C(=O)OCC. The summed E-state index contributed by atoms with van der Waals surface area (Å²) in [5.74, 6) is -0.939. The molecule has 0 amide bonds. The van der Waals surface area contributed by atoms with Crippen LogP contribution < -0.4 is 0 Å². The molecule has 0 spiro atoms. The first-order valence-corrected chi connectivity index (χ1v) is 7.15. The van der Waals surface area contributed by atoms with Crippen molar-refractivity contribution in [3.63, 3.8) is 0 Å². The third-order valence-electron chi connectivity index (χ3n) is 3.01. The van der Waals surface area contributed by atoms with Gasteiger partial charge in [0.2, 0.25) is 0 Å². The number of rotatable bonds is 11. The van der Waals surface area contributed by atoms with E-state index in [-0.39, 0.29) is 23.8 Å². The summed E-state index contributed by atoms with van der Waals surface area (Å²) in [4.78, 5) is 23.6. The molecule has 0 aliphatic heterocycles. The fraction of sp³-hybridized carbons (Fsp3) is 0.625. The minimum absolute atomic E-state index is 0.228. The molecule has 0 aliphatic rings. The zero-order valence-electron chi connectivity index (χ0n) is 12.6. The van der Waals surface area contributed by atoms with Crippen LogP contribution in [0.1, 0.15) is 39.5 Å². The van der Waals surface area contributed by atoms with Gasteiger partial charge in [-0.15, -0.1) is 13.2 Å². The molecule has 0 aromatic carbocycles. The Kier molecular flexibility index (Phi) is 10.4. The molecule has 4 nitrogen and oxygen atoms in total. The predicted molar refractivity (Wildman–Crippen MR) is 79.1 cm³/mol. The Balaban J connectivity index is 4.52. The van der Waals surface area contributed by atoms with Crippen molar-refractivity contribution >= 4 is 11.9 Å². The molecule has 0 aromatic rings. The molecule has 0 unspecified atom stereocenters. The summed E-state index contributed by atoms with van der Waals surface area (Å²) < 4.78 is 10.1. The van der Waals surface area contributed by atoms with Crippen LogP contribution in [0.3, 0.4) is 0 Å². The molecule has 0 aliphatic carbocycles. The summed E-state index contributed by atoms with van der Waals surface area (Å²) in [5.41, 5.74) is 0. The molecule has 0 bridgehead atoms. The molecule has 0 heterocycles. The quantitative estimate of drug-likeness (QED) is 0.431. The molecular weight excluding hydrogens is 256 g/mol. The molecule has 114 valence electrons. The fourth-order valence-electron chi connectivity index (χ4n) is 1.99. The highest BCUT2D eigenvalue weighted by Gasteiger charge is 2.23. The Morgan fingerprint density at radius 1 is 0.900 bits per heavy atom. The second kappa shape index (κ2) is 11.3. The van der Waals surface area contributed by atoms with Gasteiger partial charge in [0.15, 0.2) is 0 Å². The fourth-order valence-corrected chi connectivity index (χ4v) is 1.99. The predicted octanol–water partition coefficient (Wildman–Crippen LogP) is 3.28. The zero-order chi connectivity index (χ0) is 15.4. The average Bonchev–Trinajstić information content (AvgIpc) is 2.42. The second-order valence-electron chi connectivity index (χ2n) is 4.52. The van der Waals surface area contributed by atoms with E-state index in [4.69, 9.17) is 9.47 Å². The van der Waals surface area contributed by atoms with Crippen LogP contribution in [-0.2, 0) is 19.1 Å². The van der Waals surface area contributed by atoms with Crippen LogP contribution in [0.5, 0.6) is 0 Å². The number of hydrogen-bond acceptors (Lipinski definition) is 4. The number of hydrogen-bond donors (Lipinski definition) is 0. The van der Waals surface area contributed by atoms with E-state index in [0.29, 0.717) is 38.9 Å². The summed E-state index contributed by atoms with van der Waals surface area (Å²) in [7, 11) is 0. The molecule has 20 heavy (non-hydrogen) atoms. The van der Waals surface area contributed by atoms with Crippen molar-refractivity contribution in [3.8, 4) is 0 Å². The summed E-state index contributed by atoms with van der Waals surface area (Å²) >= 11 is 0. The highest BCUT2D eigenvalue weighted by molar-refractivity contribution is 5.74. The Hall–Kier alpha value is -1.58. The van der Waals surface area contributed by atoms with Crippen molar-refractivity contribution in [1.29, 1.82) is 0 Å². The Morgan fingerprint density at radius 2 is 1.25 bits per heavy atom. The van der Waals surface area contributed by atoms with E-state index >= 15 is 0 Å². The van der Waals surface area contributed by atoms with Crippen LogP contribution in [0.2, 0.25) is 0 Å². The van der Waals surface area contributed by atoms with Gasteiger partial charge < -0.3 is 9.47 Å². The van der Waals surface area contributed by atoms with Gasteiger partial charge >= 0.3 is 11.9 Å². The van der Waals surface area contributed by atoms with Crippen molar-refractivity contribution in [3.05, 3.63) is 25.3 Å². The highest BCUT2D eigenvalue weighted by atomic mass is 16.5. The summed E-state index contributed by atoms with van der Waals surface area (Å²) in [6, 6.07) is 0. The van der Waals surface area contributed by atoms with E-state index in [1.807, 2.05) is 0 Å². The molecule has 0 N–H and O–H groups in total. The zero-order valence-corrected chi connectivity index (χ0v) is 12.6. The van der Waals surface area contributed by atoms with Crippen LogP contribution in [0.15, 0.2) is 25.3 Å². The molecule has 0 saturated heterocycles. The van der Waals surface area contributed by atoms with Gasteiger partial charge in [0, 0.05) is 0 Å². The van der Waals surface area contributed by atoms with Gasteiger partial charge in [-0.25, -0.2) is 0 Å². The van der Waals surface area contributed by atoms with Crippen LogP contribution in [0, 0.1) is 11.8 Å². The lowest BCUT2D eigenvalue weighted by Gasteiger charge is -2.17. The number of ether oxygens (including phenoxy) is 2. The van der Waals surface area contributed by atoms with E-state index in [0.717, 1.165) is 0 Å². The van der Waals surface area contributed by atoms with Crippen molar-refractivity contribution in [2.24, 2.45) is 11.8 Å². The minimum atomic E-state index is -0.241. The summed E-state index contributed by atoms with van der Waals surface area (Å²) in [5, 5.41) is 0. The lowest BCUT2D eigenvalue weighted by atomic mass is 9.91. The first-order valence-electron chi connectivity index (χ1n) is 7.15. The molecule has 4 heteroatoms. The van der Waals surface area contributed by atoms with Gasteiger partial charge in [-0.2, -0.15) is 0 Å². The largest absolute Gasteiger partial charge is 0.466 e. The van der Waals surface area contributed by atoms with E-state index in [1.165, 1.54) is 0 Å². The molecule has 0 saturated carbocycles. The van der Waals surface area contributed by atoms with Crippen LogP contribution >= 0.6 is 0 Å². The van der Waals surface area contributed by atoms with Crippen LogP contribution in [-0.4, -0.2) is 25.2 Å². The maximum absolute atomic E-state index is 11.8. The molecule has 2 atom stereocenters. The van der Waals surface area contributed by atoms with Crippen molar-refractivity contribution in [1.82, 2.24) is 0 Å². The maximum atomic E-state index is 11.8. The van der Waals surface area contributed by atoms with E-state index in [1.54, 1.807) is 26.0 Å². The first-order chi connectivity index (χ1) is 9.60. The third-order valence-corrected chi connectivity index (χ3v) is 3.01.